The van der Waals surface area contributed by atoms with Crippen LogP contribution >= 0.6 is 0 Å². The highest BCUT2D eigenvalue weighted by Gasteiger charge is 2.39. The Labute approximate surface area is 93.3 Å². The van der Waals surface area contributed by atoms with Gasteiger partial charge >= 0.3 is 8.80 Å². The van der Waals surface area contributed by atoms with Crippen molar-refractivity contribution in [2.24, 2.45) is 0 Å². The minimum Gasteiger partial charge on any atom is -0.397 e. The highest BCUT2D eigenvalue weighted by atomic mass is 28.4. The third kappa shape index (κ3) is 8.98. The summed E-state index contributed by atoms with van der Waals surface area (Å²) in [6.45, 7) is 9.02. The van der Waals surface area contributed by atoms with Crippen molar-refractivity contribution in [3.8, 4) is 0 Å². The molecule has 0 unspecified atom stereocenters. The van der Waals surface area contributed by atoms with Gasteiger partial charge < -0.3 is 23.5 Å². The first kappa shape index (κ1) is 17.4. The summed E-state index contributed by atoms with van der Waals surface area (Å²) >= 11 is 0. The minimum absolute atomic E-state index is 0.150. The second-order valence-electron chi connectivity index (χ2n) is 2.46. The van der Waals surface area contributed by atoms with Gasteiger partial charge in [0.2, 0.25) is 0 Å². The maximum absolute atomic E-state index is 9.06. The number of aliphatic hydroxyl groups excluding tert-OH is 2. The second-order valence-corrected chi connectivity index (χ2v) is 5.00. The Bertz CT molecular complexity index is 106. The molecular weight excluding hydrogens is 216 g/mol. The Morgan fingerprint density at radius 2 is 1.07 bits per heavy atom. The fraction of sp³-hybridized carbons (Fsp3) is 1.00. The van der Waals surface area contributed by atoms with Gasteiger partial charge in [0, 0.05) is 26.4 Å². The molecule has 0 atom stereocenters. The van der Waals surface area contributed by atoms with Gasteiger partial charge in [-0.3, -0.25) is 0 Å². The van der Waals surface area contributed by atoms with Crippen molar-refractivity contribution in [1.29, 1.82) is 0 Å². The summed E-state index contributed by atoms with van der Waals surface area (Å²) in [5.41, 5.74) is 0. The summed E-state index contributed by atoms with van der Waals surface area (Å²) in [5, 5.41) is 16.6. The molecule has 0 fully saturated rings. The van der Waals surface area contributed by atoms with Crippen molar-refractivity contribution in [2.75, 3.05) is 32.7 Å². The molecule has 0 aromatic carbocycles. The molecule has 0 aliphatic heterocycles. The van der Waals surface area contributed by atoms with Crippen molar-refractivity contribution in [3.63, 3.8) is 0 Å². The van der Waals surface area contributed by atoms with Crippen LogP contribution in [0.4, 0.5) is 0 Å². The van der Waals surface area contributed by atoms with E-state index in [0.29, 0.717) is 19.8 Å². The van der Waals surface area contributed by atoms with Crippen LogP contribution in [0.15, 0.2) is 0 Å². The molecule has 94 valence electrons. The molecule has 2 N–H and O–H groups in total. The summed E-state index contributed by atoms with van der Waals surface area (Å²) in [6, 6.07) is 0. The molecule has 0 radical (unpaired) electrons. The SMILES string of the molecule is CCO.CCO[Si](CO)(OCC)OCC. The highest BCUT2D eigenvalue weighted by molar-refractivity contribution is 6.60. The molecule has 6 heteroatoms. The van der Waals surface area contributed by atoms with Gasteiger partial charge in [-0.2, -0.15) is 0 Å². The quantitative estimate of drug-likeness (QED) is 0.637. The molecule has 0 aliphatic carbocycles. The van der Waals surface area contributed by atoms with Gasteiger partial charge in [0.1, 0.15) is 6.23 Å². The van der Waals surface area contributed by atoms with Gasteiger partial charge in [-0.1, -0.05) is 0 Å². The molecule has 5 nitrogen and oxygen atoms in total. The Kier molecular flexibility index (Phi) is 14.0. The normalized spacial score (nSPS) is 10.8. The average Bonchev–Trinajstić information content (AvgIpc) is 2.20. The number of hydrogen-bond acceptors (Lipinski definition) is 5. The van der Waals surface area contributed by atoms with E-state index in [-0.39, 0.29) is 12.8 Å². The predicted octanol–water partition coefficient (Wildman–Crippen LogP) is 0.565. The molecule has 0 aliphatic rings. The molecule has 0 saturated carbocycles. The first-order valence-corrected chi connectivity index (χ1v) is 7.22. The minimum atomic E-state index is -2.71. The van der Waals surface area contributed by atoms with E-state index >= 15 is 0 Å². The van der Waals surface area contributed by atoms with Gasteiger partial charge in [-0.15, -0.1) is 0 Å². The van der Waals surface area contributed by atoms with E-state index in [1.54, 1.807) is 6.92 Å². The number of rotatable bonds is 7. The second kappa shape index (κ2) is 12.1. The summed E-state index contributed by atoms with van der Waals surface area (Å²) in [4.78, 5) is 0. The molecule has 0 rings (SSSR count). The summed E-state index contributed by atoms with van der Waals surface area (Å²) in [5.74, 6) is 0. The van der Waals surface area contributed by atoms with Gasteiger partial charge in [0.25, 0.3) is 0 Å². The van der Waals surface area contributed by atoms with Crippen LogP contribution in [0.2, 0.25) is 0 Å². The number of aliphatic hydroxyl groups is 2. The molecule has 15 heavy (non-hydrogen) atoms. The molecule has 0 aromatic rings. The molecule has 0 spiro atoms. The van der Waals surface area contributed by atoms with Gasteiger partial charge in [-0.05, 0) is 27.7 Å². The number of hydrogen-bond donors (Lipinski definition) is 2. The van der Waals surface area contributed by atoms with Crippen LogP contribution in [0, 0.1) is 0 Å². The van der Waals surface area contributed by atoms with E-state index in [0.717, 1.165) is 0 Å². The largest absolute Gasteiger partial charge is 0.527 e. The topological polar surface area (TPSA) is 68.2 Å². The Morgan fingerprint density at radius 1 is 0.800 bits per heavy atom. The van der Waals surface area contributed by atoms with E-state index in [4.69, 9.17) is 23.5 Å². The van der Waals surface area contributed by atoms with Crippen LogP contribution in [-0.2, 0) is 13.3 Å². The first-order valence-electron chi connectivity index (χ1n) is 5.29. The molecule has 0 aromatic heterocycles. The molecule has 0 amide bonds. The van der Waals surface area contributed by atoms with Crippen LogP contribution in [-0.4, -0.2) is 51.7 Å². The van der Waals surface area contributed by atoms with Crippen molar-refractivity contribution < 1.29 is 23.5 Å². The zero-order valence-electron chi connectivity index (χ0n) is 10.2. The van der Waals surface area contributed by atoms with Gasteiger partial charge in [0.15, 0.2) is 0 Å². The Balaban J connectivity index is 0. The standard InChI is InChI=1S/C7H18O4Si.C2H6O/c1-4-9-12(7-8,10-5-2)11-6-3;1-2-3/h8H,4-7H2,1-3H3;3H,2H2,1H3. The lowest BCUT2D eigenvalue weighted by molar-refractivity contribution is 0.0504. The Morgan fingerprint density at radius 3 is 1.20 bits per heavy atom. The zero-order chi connectivity index (χ0) is 12.2. The monoisotopic (exact) mass is 240 g/mol. The van der Waals surface area contributed by atoms with Crippen LogP contribution < -0.4 is 0 Å². The van der Waals surface area contributed by atoms with Crippen LogP contribution in [0.25, 0.3) is 0 Å². The third-order valence-corrected chi connectivity index (χ3v) is 3.86. The predicted molar refractivity (Wildman–Crippen MR) is 60.5 cm³/mol. The molecular formula is C9H24O5Si. The van der Waals surface area contributed by atoms with Gasteiger partial charge in [-0.25, -0.2) is 0 Å². The lowest BCUT2D eigenvalue weighted by Gasteiger charge is -2.25. The van der Waals surface area contributed by atoms with Gasteiger partial charge in [0.05, 0.1) is 0 Å². The van der Waals surface area contributed by atoms with Crippen LogP contribution in [0.3, 0.4) is 0 Å². The maximum atomic E-state index is 9.06. The van der Waals surface area contributed by atoms with Crippen molar-refractivity contribution in [3.05, 3.63) is 0 Å². The van der Waals surface area contributed by atoms with E-state index in [1.807, 2.05) is 20.8 Å². The highest BCUT2D eigenvalue weighted by Crippen LogP contribution is 2.08. The lowest BCUT2D eigenvalue weighted by atomic mass is 10.9. The molecule has 0 heterocycles. The van der Waals surface area contributed by atoms with Crippen LogP contribution in [0.5, 0.6) is 0 Å². The van der Waals surface area contributed by atoms with Crippen molar-refractivity contribution in [2.45, 2.75) is 27.7 Å². The Hall–Kier alpha value is 0.0169. The van der Waals surface area contributed by atoms with Crippen molar-refractivity contribution in [1.82, 2.24) is 0 Å². The third-order valence-electron chi connectivity index (χ3n) is 1.29. The molecule has 0 bridgehead atoms. The fourth-order valence-corrected chi connectivity index (χ4v) is 2.77. The summed E-state index contributed by atoms with van der Waals surface area (Å²) in [6.07, 6.45) is -0.150. The smallest absolute Gasteiger partial charge is 0.397 e. The van der Waals surface area contributed by atoms with Crippen LogP contribution in [0.1, 0.15) is 27.7 Å². The van der Waals surface area contributed by atoms with Crippen molar-refractivity contribution >= 4 is 8.80 Å². The summed E-state index contributed by atoms with van der Waals surface area (Å²) in [7, 11) is -2.71. The molecule has 0 saturated heterocycles. The first-order chi connectivity index (χ1) is 7.16. The average molecular weight is 240 g/mol. The summed E-state index contributed by atoms with van der Waals surface area (Å²) < 4.78 is 15.9. The van der Waals surface area contributed by atoms with E-state index in [2.05, 4.69) is 0 Å². The fourth-order valence-electron chi connectivity index (χ4n) is 0.922. The van der Waals surface area contributed by atoms with E-state index < -0.39 is 8.80 Å². The lowest BCUT2D eigenvalue weighted by Crippen LogP contribution is -2.50. The maximum Gasteiger partial charge on any atom is 0.527 e. The zero-order valence-corrected chi connectivity index (χ0v) is 11.2. The van der Waals surface area contributed by atoms with E-state index in [9.17, 15) is 0 Å². The van der Waals surface area contributed by atoms with E-state index in [1.165, 1.54) is 0 Å².